The van der Waals surface area contributed by atoms with Gasteiger partial charge in [0, 0.05) is 30.8 Å². The van der Waals surface area contributed by atoms with Crippen LogP contribution < -0.4 is 0 Å². The monoisotopic (exact) mass is 309 g/mol. The van der Waals surface area contributed by atoms with Crippen molar-refractivity contribution in [2.75, 3.05) is 20.1 Å². The first-order valence-corrected chi connectivity index (χ1v) is 6.72. The Morgan fingerprint density at radius 1 is 1.32 bits per heavy atom. The predicted octanol–water partition coefficient (Wildman–Crippen LogP) is 0.124. The molecule has 1 aliphatic rings. The molecule has 0 amide bonds. The van der Waals surface area contributed by atoms with E-state index in [1.807, 2.05) is 6.92 Å². The lowest BCUT2D eigenvalue weighted by Crippen LogP contribution is -2.25. The Morgan fingerprint density at radius 3 is 2.41 bits per heavy atom. The minimum atomic E-state index is -1.26. The van der Waals surface area contributed by atoms with Gasteiger partial charge in [0.2, 0.25) is 5.82 Å². The van der Waals surface area contributed by atoms with E-state index in [9.17, 15) is 9.59 Å². The van der Waals surface area contributed by atoms with E-state index < -0.39 is 11.9 Å². The number of aryl methyl sites for hydroxylation is 1. The maximum absolute atomic E-state index is 9.55. The molecular weight excluding hydrogens is 290 g/mol. The third-order valence-corrected chi connectivity index (χ3v) is 2.73. The molecule has 0 unspecified atom stereocenters. The van der Waals surface area contributed by atoms with Crippen molar-refractivity contribution < 1.29 is 19.8 Å². The normalized spacial score (nSPS) is 15.1. The Hall–Kier alpha value is -2.55. The Morgan fingerprint density at radius 2 is 1.95 bits per heavy atom. The van der Waals surface area contributed by atoms with Crippen LogP contribution in [-0.2, 0) is 16.1 Å². The summed E-state index contributed by atoms with van der Waals surface area (Å²) in [5.74, 6) is -1.74. The van der Waals surface area contributed by atoms with Crippen LogP contribution in [0.15, 0.2) is 18.2 Å². The van der Waals surface area contributed by atoms with Crippen LogP contribution in [0.3, 0.4) is 0 Å². The summed E-state index contributed by atoms with van der Waals surface area (Å²) in [6, 6.07) is 0. The van der Waals surface area contributed by atoms with Crippen molar-refractivity contribution in [3.8, 4) is 0 Å². The number of hydrogen-bond donors (Lipinski definition) is 2. The van der Waals surface area contributed by atoms with E-state index in [2.05, 4.69) is 33.4 Å². The first-order chi connectivity index (χ1) is 10.4. The summed E-state index contributed by atoms with van der Waals surface area (Å²) in [6.07, 6.45) is 4.40. The molecule has 0 radical (unpaired) electrons. The van der Waals surface area contributed by atoms with E-state index in [1.165, 1.54) is 5.57 Å². The van der Waals surface area contributed by atoms with Gasteiger partial charge >= 0.3 is 11.9 Å². The Kier molecular flexibility index (Phi) is 6.90. The van der Waals surface area contributed by atoms with Gasteiger partial charge < -0.3 is 15.1 Å². The van der Waals surface area contributed by atoms with Crippen molar-refractivity contribution in [3.63, 3.8) is 0 Å². The molecule has 0 aromatic carbocycles. The van der Waals surface area contributed by atoms with Crippen LogP contribution in [-0.4, -0.2) is 67.4 Å². The number of carboxylic acids is 2. The number of tetrazole rings is 1. The molecule has 2 rings (SSSR count). The van der Waals surface area contributed by atoms with Gasteiger partial charge in [0.1, 0.15) is 0 Å². The molecule has 22 heavy (non-hydrogen) atoms. The molecule has 0 saturated heterocycles. The van der Waals surface area contributed by atoms with E-state index in [0.717, 1.165) is 31.9 Å². The molecule has 1 aromatic heterocycles. The first kappa shape index (κ1) is 17.5. The molecule has 1 aromatic rings. The van der Waals surface area contributed by atoms with Gasteiger partial charge in [-0.25, -0.2) is 9.59 Å². The van der Waals surface area contributed by atoms with Crippen molar-refractivity contribution in [1.29, 1.82) is 0 Å². The summed E-state index contributed by atoms with van der Waals surface area (Å²) in [5, 5.41) is 27.9. The number of carboxylic acid groups (broad SMARTS) is 2. The molecule has 0 aliphatic carbocycles. The average molecular weight is 309 g/mol. The van der Waals surface area contributed by atoms with Crippen LogP contribution in [0.25, 0.3) is 5.57 Å². The molecular formula is C13H19N5O4. The van der Waals surface area contributed by atoms with Gasteiger partial charge in [-0.2, -0.15) is 4.80 Å². The summed E-state index contributed by atoms with van der Waals surface area (Å²) in [7, 11) is 2.11. The third kappa shape index (κ3) is 6.27. The molecule has 0 spiro atoms. The molecule has 0 atom stereocenters. The molecule has 0 bridgehead atoms. The highest BCUT2D eigenvalue weighted by Crippen LogP contribution is 2.15. The van der Waals surface area contributed by atoms with E-state index in [0.29, 0.717) is 12.2 Å². The highest BCUT2D eigenvalue weighted by atomic mass is 16.4. The predicted molar refractivity (Wildman–Crippen MR) is 78.0 cm³/mol. The second-order valence-electron chi connectivity index (χ2n) is 4.57. The minimum Gasteiger partial charge on any atom is -0.478 e. The van der Waals surface area contributed by atoms with Crippen molar-refractivity contribution in [3.05, 3.63) is 24.1 Å². The summed E-state index contributed by atoms with van der Waals surface area (Å²) < 4.78 is 0. The number of aromatic nitrogens is 4. The van der Waals surface area contributed by atoms with Crippen LogP contribution in [0.5, 0.6) is 0 Å². The number of aliphatic carboxylic acids is 2. The SMILES string of the molecule is CCn1nnc(C2=CCCN(C)C2)n1.O=C(O)C=CC(=O)O. The standard InChI is InChI=1S/C9H15N5.C4H4O4/c1-3-14-11-9(10-12-14)8-5-4-6-13(2)7-8;5-3(6)1-2-4(7)8/h5H,3-4,6-7H2,1-2H3;1-2H,(H,5,6)(H,7,8). The van der Waals surface area contributed by atoms with Gasteiger partial charge in [0.05, 0.1) is 6.54 Å². The summed E-state index contributed by atoms with van der Waals surface area (Å²) in [4.78, 5) is 23.0. The molecule has 120 valence electrons. The third-order valence-electron chi connectivity index (χ3n) is 2.73. The topological polar surface area (TPSA) is 121 Å². The smallest absolute Gasteiger partial charge is 0.328 e. The molecule has 9 nitrogen and oxygen atoms in total. The number of rotatable bonds is 4. The van der Waals surface area contributed by atoms with Gasteiger partial charge in [-0.1, -0.05) is 6.08 Å². The van der Waals surface area contributed by atoms with Crippen LogP contribution >= 0.6 is 0 Å². The largest absolute Gasteiger partial charge is 0.478 e. The highest BCUT2D eigenvalue weighted by molar-refractivity contribution is 5.89. The maximum atomic E-state index is 9.55. The molecule has 0 fully saturated rings. The van der Waals surface area contributed by atoms with Crippen LogP contribution in [0.4, 0.5) is 0 Å². The minimum absolute atomic E-state index is 0.558. The molecule has 2 heterocycles. The van der Waals surface area contributed by atoms with Gasteiger partial charge in [0.25, 0.3) is 0 Å². The van der Waals surface area contributed by atoms with Crippen molar-refractivity contribution in [2.45, 2.75) is 19.9 Å². The summed E-state index contributed by atoms with van der Waals surface area (Å²) in [5.41, 5.74) is 1.19. The Balaban J connectivity index is 0.000000261. The lowest BCUT2D eigenvalue weighted by Gasteiger charge is -2.20. The van der Waals surface area contributed by atoms with Crippen LogP contribution in [0.2, 0.25) is 0 Å². The van der Waals surface area contributed by atoms with E-state index >= 15 is 0 Å². The van der Waals surface area contributed by atoms with Crippen molar-refractivity contribution in [1.82, 2.24) is 25.1 Å². The molecule has 2 N–H and O–H groups in total. The quantitative estimate of drug-likeness (QED) is 0.752. The highest BCUT2D eigenvalue weighted by Gasteiger charge is 2.14. The fourth-order valence-corrected chi connectivity index (χ4v) is 1.70. The lowest BCUT2D eigenvalue weighted by molar-refractivity contribution is -0.134. The van der Waals surface area contributed by atoms with Gasteiger partial charge in [-0.05, 0) is 25.6 Å². The van der Waals surface area contributed by atoms with E-state index in [-0.39, 0.29) is 0 Å². The zero-order valence-electron chi connectivity index (χ0n) is 12.5. The van der Waals surface area contributed by atoms with Gasteiger partial charge in [-0.15, -0.1) is 10.2 Å². The van der Waals surface area contributed by atoms with Crippen molar-refractivity contribution in [2.24, 2.45) is 0 Å². The van der Waals surface area contributed by atoms with Gasteiger partial charge in [0.15, 0.2) is 0 Å². The number of hydrogen-bond acceptors (Lipinski definition) is 6. The first-order valence-electron chi connectivity index (χ1n) is 6.72. The number of nitrogens with zero attached hydrogens (tertiary/aromatic N) is 5. The molecule has 1 aliphatic heterocycles. The average Bonchev–Trinajstić information content (AvgIpc) is 2.95. The van der Waals surface area contributed by atoms with Crippen molar-refractivity contribution >= 4 is 17.5 Å². The molecule has 9 heteroatoms. The van der Waals surface area contributed by atoms with Gasteiger partial charge in [-0.3, -0.25) is 0 Å². The second kappa shape index (κ2) is 8.67. The zero-order valence-corrected chi connectivity index (χ0v) is 12.5. The Labute approximate surface area is 127 Å². The fourth-order valence-electron chi connectivity index (χ4n) is 1.70. The second-order valence-corrected chi connectivity index (χ2v) is 4.57. The van der Waals surface area contributed by atoms with E-state index in [1.54, 1.807) is 4.80 Å². The van der Waals surface area contributed by atoms with Crippen LogP contribution in [0, 0.1) is 0 Å². The maximum Gasteiger partial charge on any atom is 0.328 e. The summed E-state index contributed by atoms with van der Waals surface area (Å²) >= 11 is 0. The van der Waals surface area contributed by atoms with Crippen LogP contribution in [0.1, 0.15) is 19.2 Å². The molecule has 0 saturated carbocycles. The lowest BCUT2D eigenvalue weighted by atomic mass is 10.1. The van der Waals surface area contributed by atoms with E-state index in [4.69, 9.17) is 10.2 Å². The Bertz CT molecular complexity index is 563. The number of carbonyl (C=O) groups is 2. The number of likely N-dealkylation sites (N-methyl/N-ethyl adjacent to an activating group) is 1. The summed E-state index contributed by atoms with van der Waals surface area (Å²) in [6.45, 7) is 4.82. The zero-order chi connectivity index (χ0) is 16.5. The fraction of sp³-hybridized carbons (Fsp3) is 0.462.